The van der Waals surface area contributed by atoms with E-state index in [-0.39, 0.29) is 30.2 Å². The number of aliphatic hydroxyl groups is 1. The van der Waals surface area contributed by atoms with Crippen molar-refractivity contribution >= 4 is 41.2 Å². The lowest BCUT2D eigenvalue weighted by atomic mass is 9.84. The Morgan fingerprint density at radius 3 is 2.67 bits per heavy atom. The van der Waals surface area contributed by atoms with Crippen molar-refractivity contribution in [1.29, 1.82) is 0 Å². The van der Waals surface area contributed by atoms with Crippen LogP contribution in [0.5, 0.6) is 5.75 Å². The summed E-state index contributed by atoms with van der Waals surface area (Å²) in [5.74, 6) is -1.34. The second-order valence-electron chi connectivity index (χ2n) is 14.5. The molecular weight excluding hydrogens is 692 g/mol. The van der Waals surface area contributed by atoms with Gasteiger partial charge in [-0.05, 0) is 71.3 Å². The van der Waals surface area contributed by atoms with Crippen LogP contribution in [-0.2, 0) is 35.0 Å². The van der Waals surface area contributed by atoms with Gasteiger partial charge in [0.15, 0.2) is 0 Å². The van der Waals surface area contributed by atoms with Gasteiger partial charge >= 0.3 is 12.1 Å². The summed E-state index contributed by atoms with van der Waals surface area (Å²) in [5, 5.41) is 17.3. The Labute approximate surface area is 312 Å². The van der Waals surface area contributed by atoms with Crippen LogP contribution in [0.25, 0.3) is 0 Å². The van der Waals surface area contributed by atoms with Crippen molar-refractivity contribution in [2.45, 2.75) is 115 Å². The van der Waals surface area contributed by atoms with E-state index >= 15 is 0 Å². The molecule has 2 saturated heterocycles. The first-order valence-corrected chi connectivity index (χ1v) is 18.4. The van der Waals surface area contributed by atoms with Gasteiger partial charge in [-0.15, -0.1) is 0 Å². The fourth-order valence-corrected chi connectivity index (χ4v) is 7.19. The van der Waals surface area contributed by atoms with E-state index in [0.29, 0.717) is 30.7 Å². The number of ether oxygens (including phenoxy) is 4. The molecule has 13 nitrogen and oxygen atoms in total. The van der Waals surface area contributed by atoms with Gasteiger partial charge in [0.05, 0.1) is 25.3 Å². The Balaban J connectivity index is 1.66. The van der Waals surface area contributed by atoms with E-state index in [0.717, 1.165) is 30.5 Å². The number of alkyl carbamates (subject to hydrolysis) is 1. The van der Waals surface area contributed by atoms with Gasteiger partial charge in [-0.25, -0.2) is 9.59 Å². The van der Waals surface area contributed by atoms with Crippen LogP contribution in [0.4, 0.5) is 10.5 Å². The number of likely N-dealkylation sites (N-methyl/N-ethyl adjacent to an activating group) is 1. The first kappa shape index (κ1) is 41.1. The number of nitrogens with one attached hydrogen (secondary N) is 2. The highest BCUT2D eigenvalue weighted by atomic mass is 35.5. The highest BCUT2D eigenvalue weighted by Gasteiger charge is 2.64. The number of halogens is 1. The predicted octanol–water partition coefficient (Wildman–Crippen LogP) is 4.67. The molecule has 3 amide bonds. The molecule has 4 rings (SSSR count). The fourth-order valence-electron chi connectivity index (χ4n) is 6.88. The normalized spacial score (nSPS) is 30.1. The maximum Gasteiger partial charge on any atom is 0.409 e. The van der Waals surface area contributed by atoms with Crippen molar-refractivity contribution in [3.8, 4) is 5.75 Å². The third-order valence-corrected chi connectivity index (χ3v) is 10.8. The molecule has 0 radical (unpaired) electrons. The molecule has 2 fully saturated rings. The first-order valence-electron chi connectivity index (χ1n) is 18.0. The zero-order valence-corrected chi connectivity index (χ0v) is 32.4. The number of unbranched alkanes of at least 4 members (excludes halogenated alkanes) is 2. The SMILES string of the molecule is CNCCCCCC(=O)N(C)[C@@H](C)C(=O)O[C@H]1CC(=O)N(C)c2cc(cc(OC)c2Cl)C/C(C)=C/C=C/C[C@@]2(O)C[C@H](OC(=O)N2)[C@@H](C)[C@@H]2O[C@@]12C. The number of amides is 3. The molecule has 0 unspecified atom stereocenters. The van der Waals surface area contributed by atoms with Gasteiger partial charge in [0.1, 0.15) is 40.3 Å². The van der Waals surface area contributed by atoms with Gasteiger partial charge in [-0.2, -0.15) is 0 Å². The number of carbonyl (C=O) groups is 4. The molecule has 3 aliphatic heterocycles. The average molecular weight is 747 g/mol. The van der Waals surface area contributed by atoms with E-state index in [1.165, 1.54) is 16.9 Å². The molecule has 1 aromatic carbocycles. The molecule has 3 N–H and O–H groups in total. The Morgan fingerprint density at radius 1 is 1.25 bits per heavy atom. The van der Waals surface area contributed by atoms with E-state index < -0.39 is 59.6 Å². The van der Waals surface area contributed by atoms with Gasteiger partial charge in [0.25, 0.3) is 0 Å². The highest BCUT2D eigenvalue weighted by molar-refractivity contribution is 6.35. The molecule has 3 heterocycles. The molecule has 52 heavy (non-hydrogen) atoms. The lowest BCUT2D eigenvalue weighted by molar-refractivity contribution is -0.162. The standard InChI is InChI=1S/C38H55ClN4O9/c1-23-14-11-12-16-38(48)22-29(50-36(47)41-38)24(2)34-37(4,52-34)30(51-35(46)25(3)42(6)31(44)15-10-9-13-17-40-5)21-32(45)43(7)27-19-26(18-23)20-28(49-8)33(27)39/h11-12,14,19-20,24-25,29-30,34,40,48H,9-10,13,15-18,21-22H2,1-8H3,(H,41,47)/b12-11+,23-14+/t24-,25+,29+,30+,34+,37+,38-/m1/s1. The zero-order chi connectivity index (χ0) is 38.4. The molecule has 4 bridgehead atoms. The third kappa shape index (κ3) is 9.85. The molecule has 3 aliphatic rings. The lowest BCUT2D eigenvalue weighted by Gasteiger charge is -2.39. The van der Waals surface area contributed by atoms with E-state index in [9.17, 15) is 24.3 Å². The first-order chi connectivity index (χ1) is 24.5. The Kier molecular flexibility index (Phi) is 13.8. The van der Waals surface area contributed by atoms with Crippen LogP contribution in [0.15, 0.2) is 35.9 Å². The van der Waals surface area contributed by atoms with Crippen molar-refractivity contribution < 1.29 is 43.2 Å². The maximum atomic E-state index is 14.1. The summed E-state index contributed by atoms with van der Waals surface area (Å²) in [6.45, 7) is 7.99. The molecule has 1 aromatic rings. The number of fused-ring (bicyclic) bond motifs is 5. The quantitative estimate of drug-likeness (QED) is 0.175. The summed E-state index contributed by atoms with van der Waals surface area (Å²) < 4.78 is 23.5. The number of carbonyl (C=O) groups excluding carboxylic acids is 4. The summed E-state index contributed by atoms with van der Waals surface area (Å²) in [6, 6.07) is 2.69. The Bertz CT molecular complexity index is 1550. The highest BCUT2D eigenvalue weighted by Crippen LogP contribution is 2.49. The molecule has 0 aliphatic carbocycles. The summed E-state index contributed by atoms with van der Waals surface area (Å²) in [4.78, 5) is 56.2. The van der Waals surface area contributed by atoms with Crippen LogP contribution in [0.3, 0.4) is 0 Å². The van der Waals surface area contributed by atoms with E-state index in [1.807, 2.05) is 45.2 Å². The third-order valence-electron chi connectivity index (χ3n) is 10.5. The number of benzene rings is 1. The second-order valence-corrected chi connectivity index (χ2v) is 14.9. The average Bonchev–Trinajstić information content (AvgIpc) is 3.80. The summed E-state index contributed by atoms with van der Waals surface area (Å²) in [6.07, 6.45) is 5.58. The Morgan fingerprint density at radius 2 is 1.98 bits per heavy atom. The van der Waals surface area contributed by atoms with Gasteiger partial charge in [0, 0.05) is 39.3 Å². The minimum Gasteiger partial charge on any atom is -0.495 e. The topological polar surface area (TPSA) is 159 Å². The Hall–Kier alpha value is -3.65. The van der Waals surface area contributed by atoms with Crippen molar-refractivity contribution in [2.24, 2.45) is 5.92 Å². The maximum absolute atomic E-state index is 14.1. The number of anilines is 1. The number of methoxy groups -OCH3 is 1. The van der Waals surface area contributed by atoms with E-state index in [1.54, 1.807) is 34.0 Å². The van der Waals surface area contributed by atoms with Gasteiger partial charge in [-0.3, -0.25) is 14.9 Å². The molecule has 288 valence electrons. The van der Waals surface area contributed by atoms with Crippen molar-refractivity contribution in [2.75, 3.05) is 39.7 Å². The van der Waals surface area contributed by atoms with Gasteiger partial charge in [0.2, 0.25) is 11.8 Å². The smallest absolute Gasteiger partial charge is 0.409 e. The van der Waals surface area contributed by atoms with E-state index in [2.05, 4.69) is 10.6 Å². The summed E-state index contributed by atoms with van der Waals surface area (Å²) in [7, 11) is 6.54. The van der Waals surface area contributed by atoms with E-state index in [4.69, 9.17) is 30.5 Å². The largest absolute Gasteiger partial charge is 0.495 e. The van der Waals surface area contributed by atoms with Crippen molar-refractivity contribution in [3.63, 3.8) is 0 Å². The van der Waals surface area contributed by atoms with Crippen LogP contribution in [0, 0.1) is 5.92 Å². The number of nitrogens with zero attached hydrogens (tertiary/aromatic N) is 2. The van der Waals surface area contributed by atoms with Crippen molar-refractivity contribution in [3.05, 3.63) is 46.5 Å². The predicted molar refractivity (Wildman–Crippen MR) is 197 cm³/mol. The number of esters is 1. The van der Waals surface area contributed by atoms with Crippen LogP contribution >= 0.6 is 11.6 Å². The van der Waals surface area contributed by atoms with Gasteiger partial charge < -0.3 is 39.2 Å². The zero-order valence-electron chi connectivity index (χ0n) is 31.6. The minimum absolute atomic E-state index is 0.0814. The number of hydrogen-bond donors (Lipinski definition) is 3. The molecule has 0 saturated carbocycles. The van der Waals surface area contributed by atoms with Crippen LogP contribution < -0.4 is 20.3 Å². The van der Waals surface area contributed by atoms with Gasteiger partial charge in [-0.1, -0.05) is 48.7 Å². The van der Waals surface area contributed by atoms with Crippen LogP contribution in [0.1, 0.15) is 78.2 Å². The minimum atomic E-state index is -1.57. The number of epoxide rings is 1. The number of rotatable bonds is 10. The number of hydrogen-bond acceptors (Lipinski definition) is 10. The van der Waals surface area contributed by atoms with Crippen molar-refractivity contribution in [1.82, 2.24) is 15.5 Å². The fraction of sp³-hybridized carbons (Fsp3) is 0.632. The number of allylic oxidation sites excluding steroid dienone is 3. The second kappa shape index (κ2) is 17.5. The molecular formula is C38H55ClN4O9. The summed E-state index contributed by atoms with van der Waals surface area (Å²) in [5.41, 5.74) is -0.488. The molecule has 14 heteroatoms. The van der Waals surface area contributed by atoms with Crippen LogP contribution in [0.2, 0.25) is 5.02 Å². The summed E-state index contributed by atoms with van der Waals surface area (Å²) >= 11 is 6.75. The van der Waals surface area contributed by atoms with Crippen LogP contribution in [-0.4, -0.2) is 104 Å². The lowest BCUT2D eigenvalue weighted by Crippen LogP contribution is -2.57. The molecule has 0 aromatic heterocycles. The molecule has 7 atom stereocenters. The monoisotopic (exact) mass is 746 g/mol. The molecule has 0 spiro atoms.